The van der Waals surface area contributed by atoms with E-state index in [-0.39, 0.29) is 24.0 Å². The van der Waals surface area contributed by atoms with Gasteiger partial charge in [0, 0.05) is 5.56 Å². The number of halogens is 3. The Labute approximate surface area is 158 Å². The van der Waals surface area contributed by atoms with Gasteiger partial charge in [0.25, 0.3) is 0 Å². The molecule has 0 saturated carbocycles. The second-order valence-corrected chi connectivity index (χ2v) is 5.69. The second-order valence-electron chi connectivity index (χ2n) is 5.69. The number of rotatable bonds is 5. The highest BCUT2D eigenvalue weighted by atomic mass is 19.4. The molecule has 2 aromatic carbocycles. The van der Waals surface area contributed by atoms with Gasteiger partial charge in [-0.15, -0.1) is 0 Å². The number of methoxy groups -OCH3 is 1. The molecule has 0 N–H and O–H groups in total. The Hall–Kier alpha value is -3.29. The zero-order valence-electron chi connectivity index (χ0n) is 15.0. The molecular weight excluding hydrogens is 375 g/mol. The van der Waals surface area contributed by atoms with Crippen LogP contribution < -0.4 is 4.74 Å². The zero-order chi connectivity index (χ0) is 20.3. The van der Waals surface area contributed by atoms with Gasteiger partial charge in [-0.1, -0.05) is 12.1 Å². The van der Waals surface area contributed by atoms with E-state index in [9.17, 15) is 18.0 Å². The first-order valence-electron chi connectivity index (χ1n) is 8.34. The quantitative estimate of drug-likeness (QED) is 0.559. The molecule has 146 valence electrons. The van der Waals surface area contributed by atoms with Crippen molar-refractivity contribution in [1.82, 2.24) is 4.98 Å². The van der Waals surface area contributed by atoms with E-state index in [4.69, 9.17) is 13.9 Å². The number of oxazole rings is 1. The van der Waals surface area contributed by atoms with Crippen molar-refractivity contribution in [1.29, 1.82) is 0 Å². The predicted octanol–water partition coefficient (Wildman–Crippen LogP) is 5.21. The minimum absolute atomic E-state index is 0.00214. The highest BCUT2D eigenvalue weighted by Crippen LogP contribution is 2.36. The number of nitrogens with zero attached hydrogens (tertiary/aromatic N) is 1. The Balaban J connectivity index is 2.10. The molecule has 0 spiro atoms. The average molecular weight is 391 g/mol. The third-order valence-corrected chi connectivity index (χ3v) is 3.91. The molecule has 0 radical (unpaired) electrons. The number of hydrogen-bond acceptors (Lipinski definition) is 5. The number of carbonyl (C=O) groups is 1. The first kappa shape index (κ1) is 19.5. The van der Waals surface area contributed by atoms with Gasteiger partial charge in [0.2, 0.25) is 5.89 Å². The smallest absolute Gasteiger partial charge is 0.416 e. The van der Waals surface area contributed by atoms with Crippen LogP contribution in [-0.2, 0) is 10.9 Å². The van der Waals surface area contributed by atoms with E-state index in [0.717, 1.165) is 12.1 Å². The van der Waals surface area contributed by atoms with Crippen molar-refractivity contribution in [2.24, 2.45) is 0 Å². The molecule has 0 atom stereocenters. The van der Waals surface area contributed by atoms with Crippen LogP contribution in [0.5, 0.6) is 5.75 Å². The predicted molar refractivity (Wildman–Crippen MR) is 94.9 cm³/mol. The van der Waals surface area contributed by atoms with Gasteiger partial charge in [0.1, 0.15) is 5.75 Å². The summed E-state index contributed by atoms with van der Waals surface area (Å²) >= 11 is 0. The highest BCUT2D eigenvalue weighted by Gasteiger charge is 2.30. The summed E-state index contributed by atoms with van der Waals surface area (Å²) in [5, 5.41) is 0. The van der Waals surface area contributed by atoms with E-state index in [1.165, 1.54) is 19.2 Å². The second kappa shape index (κ2) is 7.75. The normalized spacial score (nSPS) is 11.3. The molecule has 5 nitrogen and oxygen atoms in total. The molecule has 28 heavy (non-hydrogen) atoms. The first-order valence-corrected chi connectivity index (χ1v) is 8.34. The lowest BCUT2D eigenvalue weighted by molar-refractivity contribution is -0.137. The van der Waals surface area contributed by atoms with Crippen LogP contribution in [0.4, 0.5) is 13.2 Å². The third kappa shape index (κ3) is 3.85. The van der Waals surface area contributed by atoms with E-state index >= 15 is 0 Å². The lowest BCUT2D eigenvalue weighted by atomic mass is 10.1. The van der Waals surface area contributed by atoms with E-state index in [2.05, 4.69) is 4.98 Å². The maximum absolute atomic E-state index is 12.8. The van der Waals surface area contributed by atoms with Gasteiger partial charge in [0.15, 0.2) is 11.5 Å². The minimum atomic E-state index is -4.45. The molecule has 0 amide bonds. The summed E-state index contributed by atoms with van der Waals surface area (Å²) in [5.41, 5.74) is -0.113. The summed E-state index contributed by atoms with van der Waals surface area (Å²) in [7, 11) is 1.47. The SMILES string of the molecule is CCOC(=O)c1nc(-c2ccc(C(F)(F)F)cc2)oc1-c1ccccc1OC. The number of ether oxygens (including phenoxy) is 2. The molecule has 0 unspecified atom stereocenters. The molecule has 1 heterocycles. The van der Waals surface area contributed by atoms with Gasteiger partial charge in [0.05, 0.1) is 24.8 Å². The van der Waals surface area contributed by atoms with Gasteiger partial charge in [-0.25, -0.2) is 9.78 Å². The van der Waals surface area contributed by atoms with Crippen molar-refractivity contribution in [2.45, 2.75) is 13.1 Å². The summed E-state index contributed by atoms with van der Waals surface area (Å²) in [6.45, 7) is 1.78. The van der Waals surface area contributed by atoms with Crippen molar-refractivity contribution >= 4 is 5.97 Å². The third-order valence-electron chi connectivity index (χ3n) is 3.91. The van der Waals surface area contributed by atoms with Crippen LogP contribution in [0.2, 0.25) is 0 Å². The van der Waals surface area contributed by atoms with Crippen LogP contribution in [0.1, 0.15) is 23.0 Å². The Bertz CT molecular complexity index is 978. The van der Waals surface area contributed by atoms with Crippen LogP contribution in [0, 0.1) is 0 Å². The minimum Gasteiger partial charge on any atom is -0.496 e. The molecular formula is C20H16F3NO4. The fourth-order valence-corrected chi connectivity index (χ4v) is 2.60. The molecule has 0 aliphatic rings. The van der Waals surface area contributed by atoms with Crippen molar-refractivity contribution in [3.63, 3.8) is 0 Å². The molecule has 8 heteroatoms. The molecule has 0 aliphatic carbocycles. The largest absolute Gasteiger partial charge is 0.496 e. The number of esters is 1. The van der Waals surface area contributed by atoms with Crippen molar-refractivity contribution in [2.75, 3.05) is 13.7 Å². The maximum Gasteiger partial charge on any atom is 0.416 e. The lowest BCUT2D eigenvalue weighted by Gasteiger charge is -2.07. The van der Waals surface area contributed by atoms with Crippen LogP contribution >= 0.6 is 0 Å². The summed E-state index contributed by atoms with van der Waals surface area (Å²) in [6, 6.07) is 11.2. The fourth-order valence-electron chi connectivity index (χ4n) is 2.60. The van der Waals surface area contributed by atoms with Crippen molar-refractivity contribution < 1.29 is 31.9 Å². The summed E-state index contributed by atoms with van der Waals surface area (Å²) in [6.07, 6.45) is -4.45. The van der Waals surface area contributed by atoms with E-state index < -0.39 is 17.7 Å². The van der Waals surface area contributed by atoms with Crippen LogP contribution in [0.25, 0.3) is 22.8 Å². The van der Waals surface area contributed by atoms with Gasteiger partial charge in [-0.3, -0.25) is 0 Å². The fraction of sp³-hybridized carbons (Fsp3) is 0.200. The summed E-state index contributed by atoms with van der Waals surface area (Å²) < 4.78 is 54.4. The van der Waals surface area contributed by atoms with Crippen LogP contribution in [0.15, 0.2) is 52.9 Å². The number of hydrogen-bond donors (Lipinski definition) is 0. The number of para-hydroxylation sites is 1. The molecule has 3 aromatic rings. The maximum atomic E-state index is 12.8. The Morgan fingerprint density at radius 2 is 1.79 bits per heavy atom. The topological polar surface area (TPSA) is 61.6 Å². The van der Waals surface area contributed by atoms with Gasteiger partial charge in [-0.2, -0.15) is 13.2 Å². The average Bonchev–Trinajstić information content (AvgIpc) is 3.13. The Morgan fingerprint density at radius 3 is 2.39 bits per heavy atom. The molecule has 1 aromatic heterocycles. The molecule has 0 saturated heterocycles. The lowest BCUT2D eigenvalue weighted by Crippen LogP contribution is -2.07. The van der Waals surface area contributed by atoms with E-state index in [0.29, 0.717) is 16.9 Å². The summed E-state index contributed by atoms with van der Waals surface area (Å²) in [4.78, 5) is 16.5. The van der Waals surface area contributed by atoms with Gasteiger partial charge in [-0.05, 0) is 43.3 Å². The molecule has 0 aliphatic heterocycles. The van der Waals surface area contributed by atoms with Crippen LogP contribution in [-0.4, -0.2) is 24.7 Å². The molecule has 3 rings (SSSR count). The highest BCUT2D eigenvalue weighted by molar-refractivity contribution is 5.95. The van der Waals surface area contributed by atoms with Gasteiger partial charge >= 0.3 is 12.1 Å². The number of carbonyl (C=O) groups excluding carboxylic acids is 1. The number of benzene rings is 2. The number of alkyl halides is 3. The Morgan fingerprint density at radius 1 is 1.11 bits per heavy atom. The standard InChI is InChI=1S/C20H16F3NO4/c1-3-27-19(25)16-17(14-6-4-5-7-15(14)26-2)28-18(24-16)12-8-10-13(11-9-12)20(21,22)23/h4-11H,3H2,1-2H3. The van der Waals surface area contributed by atoms with Gasteiger partial charge < -0.3 is 13.9 Å². The first-order chi connectivity index (χ1) is 13.3. The van der Waals surface area contributed by atoms with Crippen molar-refractivity contribution in [3.8, 4) is 28.5 Å². The number of aromatic nitrogens is 1. The Kier molecular flexibility index (Phi) is 5.39. The molecule has 0 bridgehead atoms. The summed E-state index contributed by atoms with van der Waals surface area (Å²) in [5.74, 6) is -0.142. The van der Waals surface area contributed by atoms with Crippen molar-refractivity contribution in [3.05, 3.63) is 59.8 Å². The zero-order valence-corrected chi connectivity index (χ0v) is 15.0. The monoisotopic (exact) mass is 391 g/mol. The van der Waals surface area contributed by atoms with E-state index in [1.807, 2.05) is 0 Å². The molecule has 0 fully saturated rings. The van der Waals surface area contributed by atoms with E-state index in [1.54, 1.807) is 31.2 Å². The van der Waals surface area contributed by atoms with Crippen LogP contribution in [0.3, 0.4) is 0 Å².